The molecule has 1 aromatic carbocycles. The van der Waals surface area contributed by atoms with Gasteiger partial charge in [0.2, 0.25) is 16.9 Å². The van der Waals surface area contributed by atoms with Gasteiger partial charge in [-0.05, 0) is 18.2 Å². The van der Waals surface area contributed by atoms with E-state index in [-0.39, 0.29) is 24.1 Å². The number of aromatic nitrogens is 2. The Bertz CT molecular complexity index is 695. The van der Waals surface area contributed by atoms with Crippen molar-refractivity contribution in [1.82, 2.24) is 20.8 Å². The molecule has 0 saturated heterocycles. The predicted molar refractivity (Wildman–Crippen MR) is 92.4 cm³/mol. The molecule has 2 amide bonds. The maximum Gasteiger partial charge on any atom is 0.239 e. The summed E-state index contributed by atoms with van der Waals surface area (Å²) in [5.41, 5.74) is 0.813. The minimum absolute atomic E-state index is 0.0341. The zero-order valence-electron chi connectivity index (χ0n) is 12.1. The van der Waals surface area contributed by atoms with Crippen LogP contribution in [0.3, 0.4) is 0 Å². The van der Waals surface area contributed by atoms with Gasteiger partial charge >= 0.3 is 0 Å². The van der Waals surface area contributed by atoms with Crippen LogP contribution in [0.4, 0.5) is 10.8 Å². The lowest BCUT2D eigenvalue weighted by molar-refractivity contribution is -0.124. The fraction of sp³-hybridized carbons (Fsp3) is 0.231. The van der Waals surface area contributed by atoms with Gasteiger partial charge in [0, 0.05) is 17.8 Å². The van der Waals surface area contributed by atoms with Gasteiger partial charge in [0.15, 0.2) is 4.34 Å². The number of benzene rings is 1. The van der Waals surface area contributed by atoms with Gasteiger partial charge in [0.05, 0.1) is 12.3 Å². The third kappa shape index (κ3) is 6.05. The number of rotatable bonds is 7. The number of halogens is 1. The average Bonchev–Trinajstić information content (AvgIpc) is 2.98. The van der Waals surface area contributed by atoms with Crippen LogP contribution >= 0.6 is 34.7 Å². The molecule has 10 heteroatoms. The zero-order valence-corrected chi connectivity index (χ0v) is 14.5. The smallest absolute Gasteiger partial charge is 0.239 e. The Morgan fingerprint density at radius 1 is 1.30 bits per heavy atom. The van der Waals surface area contributed by atoms with Gasteiger partial charge in [-0.3, -0.25) is 9.59 Å². The number of carbonyl (C=O) groups excluding carboxylic acids is 2. The van der Waals surface area contributed by atoms with E-state index in [2.05, 4.69) is 26.1 Å². The van der Waals surface area contributed by atoms with Crippen molar-refractivity contribution in [2.24, 2.45) is 0 Å². The summed E-state index contributed by atoms with van der Waals surface area (Å²) < 4.78 is 0.657. The SMILES string of the molecule is CNC(=O)CNC(=O)CSc1nnc(Nc2cccc(Cl)c2)s1. The molecule has 0 aliphatic rings. The lowest BCUT2D eigenvalue weighted by atomic mass is 10.3. The molecule has 2 aromatic rings. The first-order chi connectivity index (χ1) is 11.1. The van der Waals surface area contributed by atoms with Crippen molar-refractivity contribution < 1.29 is 9.59 Å². The number of hydrogen-bond donors (Lipinski definition) is 3. The van der Waals surface area contributed by atoms with Crippen LogP contribution in [0.1, 0.15) is 0 Å². The van der Waals surface area contributed by atoms with Gasteiger partial charge in [-0.25, -0.2) is 0 Å². The summed E-state index contributed by atoms with van der Waals surface area (Å²) in [6, 6.07) is 7.26. The molecule has 0 saturated carbocycles. The molecule has 0 radical (unpaired) electrons. The van der Waals surface area contributed by atoms with Crippen LogP contribution in [-0.4, -0.2) is 41.4 Å². The first kappa shape index (κ1) is 17.5. The number of hydrogen-bond acceptors (Lipinski definition) is 7. The number of anilines is 2. The summed E-state index contributed by atoms with van der Waals surface area (Å²) in [6.45, 7) is -0.0341. The second-order valence-electron chi connectivity index (χ2n) is 4.25. The van der Waals surface area contributed by atoms with Crippen molar-refractivity contribution in [3.8, 4) is 0 Å². The van der Waals surface area contributed by atoms with Gasteiger partial charge in [-0.15, -0.1) is 10.2 Å². The van der Waals surface area contributed by atoms with Crippen LogP contribution in [0, 0.1) is 0 Å². The van der Waals surface area contributed by atoms with Crippen molar-refractivity contribution in [3.05, 3.63) is 29.3 Å². The maximum atomic E-state index is 11.6. The van der Waals surface area contributed by atoms with Crippen molar-refractivity contribution in [1.29, 1.82) is 0 Å². The fourth-order valence-electron chi connectivity index (χ4n) is 1.45. The van der Waals surface area contributed by atoms with Crippen LogP contribution in [0.15, 0.2) is 28.6 Å². The fourth-order valence-corrected chi connectivity index (χ4v) is 3.25. The molecule has 0 aliphatic carbocycles. The van der Waals surface area contributed by atoms with Crippen molar-refractivity contribution in [2.45, 2.75) is 4.34 Å². The molecule has 0 spiro atoms. The number of carbonyl (C=O) groups is 2. The molecule has 122 valence electrons. The molecule has 7 nitrogen and oxygen atoms in total. The molecule has 0 atom stereocenters. The van der Waals surface area contributed by atoms with Gasteiger partial charge in [-0.1, -0.05) is 40.8 Å². The highest BCUT2D eigenvalue weighted by Gasteiger charge is 2.09. The van der Waals surface area contributed by atoms with Gasteiger partial charge < -0.3 is 16.0 Å². The Labute approximate surface area is 146 Å². The quantitative estimate of drug-likeness (QED) is 0.643. The Morgan fingerprint density at radius 2 is 2.13 bits per heavy atom. The van der Waals surface area contributed by atoms with Crippen LogP contribution in [0.2, 0.25) is 5.02 Å². The molecular weight excluding hydrogens is 358 g/mol. The number of likely N-dealkylation sites (N-methyl/N-ethyl adjacent to an activating group) is 1. The average molecular weight is 372 g/mol. The van der Waals surface area contributed by atoms with Crippen molar-refractivity contribution in [2.75, 3.05) is 24.7 Å². The van der Waals surface area contributed by atoms with Crippen LogP contribution < -0.4 is 16.0 Å². The number of nitrogens with zero attached hydrogens (tertiary/aromatic N) is 2. The number of amides is 2. The van der Waals surface area contributed by atoms with Crippen LogP contribution in [0.5, 0.6) is 0 Å². The molecular formula is C13H14ClN5O2S2. The van der Waals surface area contributed by atoms with Crippen LogP contribution in [0.25, 0.3) is 0 Å². The molecule has 1 aromatic heterocycles. The Balaban J connectivity index is 1.80. The summed E-state index contributed by atoms with van der Waals surface area (Å²) in [7, 11) is 1.51. The van der Waals surface area contributed by atoms with Crippen LogP contribution in [-0.2, 0) is 9.59 Å². The highest BCUT2D eigenvalue weighted by Crippen LogP contribution is 2.28. The lowest BCUT2D eigenvalue weighted by Crippen LogP contribution is -2.35. The third-order valence-corrected chi connectivity index (χ3v) is 4.74. The van der Waals surface area contributed by atoms with E-state index in [0.717, 1.165) is 5.69 Å². The van der Waals surface area contributed by atoms with E-state index in [9.17, 15) is 9.59 Å². The standard InChI is InChI=1S/C13H14ClN5O2S2/c1-15-10(20)6-16-11(21)7-22-13-19-18-12(23-13)17-9-4-2-3-8(14)5-9/h2-5H,6-7H2,1H3,(H,15,20)(H,16,21)(H,17,18). The summed E-state index contributed by atoms with van der Waals surface area (Å²) in [6.07, 6.45) is 0. The first-order valence-corrected chi connectivity index (χ1v) is 8.71. The molecule has 3 N–H and O–H groups in total. The van der Waals surface area contributed by atoms with Gasteiger partial charge in [0.1, 0.15) is 0 Å². The monoisotopic (exact) mass is 371 g/mol. The van der Waals surface area contributed by atoms with E-state index in [1.165, 1.54) is 30.1 Å². The Kier molecular flexibility index (Phi) is 6.63. The minimum atomic E-state index is -0.243. The van der Waals surface area contributed by atoms with E-state index in [0.29, 0.717) is 14.5 Å². The number of thioether (sulfide) groups is 1. The Hall–Kier alpha value is -1.84. The van der Waals surface area contributed by atoms with Gasteiger partial charge in [-0.2, -0.15) is 0 Å². The second kappa shape index (κ2) is 8.70. The summed E-state index contributed by atoms with van der Waals surface area (Å²) in [5, 5.41) is 17.3. The summed E-state index contributed by atoms with van der Waals surface area (Å²) >= 11 is 8.50. The van der Waals surface area contributed by atoms with E-state index in [1.54, 1.807) is 12.1 Å². The largest absolute Gasteiger partial charge is 0.358 e. The minimum Gasteiger partial charge on any atom is -0.358 e. The molecule has 0 bridgehead atoms. The molecule has 0 unspecified atom stereocenters. The van der Waals surface area contributed by atoms with E-state index in [4.69, 9.17) is 11.6 Å². The molecule has 1 heterocycles. The molecule has 0 fully saturated rings. The van der Waals surface area contributed by atoms with E-state index >= 15 is 0 Å². The molecule has 2 rings (SSSR count). The summed E-state index contributed by atoms with van der Waals surface area (Å²) in [4.78, 5) is 22.6. The third-order valence-electron chi connectivity index (χ3n) is 2.53. The topological polar surface area (TPSA) is 96.0 Å². The highest BCUT2D eigenvalue weighted by atomic mass is 35.5. The molecule has 23 heavy (non-hydrogen) atoms. The first-order valence-electron chi connectivity index (χ1n) is 6.53. The highest BCUT2D eigenvalue weighted by molar-refractivity contribution is 8.01. The second-order valence-corrected chi connectivity index (χ2v) is 6.88. The Morgan fingerprint density at radius 3 is 2.87 bits per heavy atom. The summed E-state index contributed by atoms with van der Waals surface area (Å²) in [5.74, 6) is -0.312. The maximum absolute atomic E-state index is 11.6. The van der Waals surface area contributed by atoms with E-state index in [1.807, 2.05) is 12.1 Å². The zero-order chi connectivity index (χ0) is 16.7. The van der Waals surface area contributed by atoms with E-state index < -0.39 is 0 Å². The predicted octanol–water partition coefficient (Wildman–Crippen LogP) is 1.89. The number of nitrogens with one attached hydrogen (secondary N) is 3. The lowest BCUT2D eigenvalue weighted by Gasteiger charge is -2.02. The van der Waals surface area contributed by atoms with Gasteiger partial charge in [0.25, 0.3) is 0 Å². The normalized spacial score (nSPS) is 10.2. The molecule has 0 aliphatic heterocycles. The van der Waals surface area contributed by atoms with Crippen molar-refractivity contribution in [3.63, 3.8) is 0 Å². The van der Waals surface area contributed by atoms with Crippen molar-refractivity contribution >= 4 is 57.3 Å².